The fraction of sp³-hybridized carbons (Fsp3) is 0.278. The van der Waals surface area contributed by atoms with Crippen molar-refractivity contribution in [1.82, 2.24) is 10.3 Å². The predicted octanol–water partition coefficient (Wildman–Crippen LogP) is 5.02. The molecule has 0 radical (unpaired) electrons. The zero-order chi connectivity index (χ0) is 14.7. The third-order valence-corrected chi connectivity index (χ3v) is 4.57. The molecule has 1 N–H and O–H groups in total. The van der Waals surface area contributed by atoms with Gasteiger partial charge < -0.3 is 5.32 Å². The van der Waals surface area contributed by atoms with E-state index in [9.17, 15) is 0 Å². The fourth-order valence-electron chi connectivity index (χ4n) is 2.41. The van der Waals surface area contributed by atoms with Crippen molar-refractivity contribution in [1.29, 1.82) is 0 Å². The number of aromatic nitrogens is 1. The summed E-state index contributed by atoms with van der Waals surface area (Å²) in [5, 5.41) is 9.29. The Balaban J connectivity index is 1.87. The molecule has 1 aromatic heterocycles. The molecular weight excluding hydrogens is 276 g/mol. The average molecular weight is 296 g/mol. The normalized spacial score (nSPS) is 12.7. The molecule has 2 aromatic carbocycles. The molecule has 0 aliphatic rings. The van der Waals surface area contributed by atoms with E-state index in [0.717, 1.165) is 23.7 Å². The lowest BCUT2D eigenvalue weighted by atomic mass is 10.1. The van der Waals surface area contributed by atoms with Gasteiger partial charge in [0.1, 0.15) is 5.01 Å². The van der Waals surface area contributed by atoms with Gasteiger partial charge in [0.25, 0.3) is 0 Å². The maximum Gasteiger partial charge on any atom is 0.123 e. The van der Waals surface area contributed by atoms with Crippen molar-refractivity contribution in [2.24, 2.45) is 0 Å². The van der Waals surface area contributed by atoms with Crippen LogP contribution < -0.4 is 5.32 Å². The topological polar surface area (TPSA) is 24.9 Å². The van der Waals surface area contributed by atoms with Gasteiger partial charge in [-0.25, -0.2) is 4.98 Å². The maximum atomic E-state index is 4.80. The van der Waals surface area contributed by atoms with Crippen molar-refractivity contribution >= 4 is 22.1 Å². The summed E-state index contributed by atoms with van der Waals surface area (Å²) in [6.45, 7) is 5.39. The van der Waals surface area contributed by atoms with Crippen LogP contribution in [0.1, 0.15) is 32.0 Å². The molecule has 108 valence electrons. The molecule has 0 aliphatic heterocycles. The quantitative estimate of drug-likeness (QED) is 0.714. The van der Waals surface area contributed by atoms with Gasteiger partial charge in [0.2, 0.25) is 0 Å². The van der Waals surface area contributed by atoms with Crippen LogP contribution in [-0.2, 0) is 0 Å². The summed E-state index contributed by atoms with van der Waals surface area (Å²) in [6, 6.07) is 15.3. The Morgan fingerprint density at radius 2 is 1.95 bits per heavy atom. The van der Waals surface area contributed by atoms with E-state index in [1.807, 2.05) is 0 Å². The molecule has 3 aromatic rings. The first-order chi connectivity index (χ1) is 10.3. The van der Waals surface area contributed by atoms with Gasteiger partial charge >= 0.3 is 0 Å². The largest absolute Gasteiger partial charge is 0.309 e. The fourth-order valence-corrected chi connectivity index (χ4v) is 3.32. The van der Waals surface area contributed by atoms with E-state index in [1.54, 1.807) is 11.3 Å². The first-order valence-corrected chi connectivity index (χ1v) is 8.34. The second kappa shape index (κ2) is 6.37. The first kappa shape index (κ1) is 14.2. The van der Waals surface area contributed by atoms with Crippen molar-refractivity contribution in [2.45, 2.75) is 26.3 Å². The highest BCUT2D eigenvalue weighted by atomic mass is 32.1. The first-order valence-electron chi connectivity index (χ1n) is 7.46. The van der Waals surface area contributed by atoms with Crippen molar-refractivity contribution in [3.8, 4) is 10.6 Å². The molecule has 21 heavy (non-hydrogen) atoms. The number of nitrogens with one attached hydrogen (secondary N) is 1. The molecule has 2 nitrogen and oxygen atoms in total. The minimum atomic E-state index is 0.315. The van der Waals surface area contributed by atoms with E-state index >= 15 is 0 Å². The molecule has 1 heterocycles. The van der Waals surface area contributed by atoms with Crippen LogP contribution in [0.5, 0.6) is 0 Å². The van der Waals surface area contributed by atoms with Crippen LogP contribution in [0.3, 0.4) is 0 Å². The molecule has 0 aliphatic carbocycles. The summed E-state index contributed by atoms with van der Waals surface area (Å²) in [4.78, 5) is 4.80. The summed E-state index contributed by atoms with van der Waals surface area (Å²) >= 11 is 1.72. The molecule has 1 atom stereocenters. The second-order valence-corrected chi connectivity index (χ2v) is 6.17. The van der Waals surface area contributed by atoms with Crippen LogP contribution in [0.15, 0.2) is 47.8 Å². The number of fused-ring (bicyclic) bond motifs is 1. The van der Waals surface area contributed by atoms with E-state index < -0.39 is 0 Å². The Hall–Kier alpha value is -1.71. The van der Waals surface area contributed by atoms with Crippen LogP contribution in [0, 0.1) is 0 Å². The van der Waals surface area contributed by atoms with Crippen molar-refractivity contribution in [3.63, 3.8) is 0 Å². The lowest BCUT2D eigenvalue weighted by molar-refractivity contribution is 0.561. The number of rotatable bonds is 5. The minimum Gasteiger partial charge on any atom is -0.309 e. The predicted molar refractivity (Wildman–Crippen MR) is 91.8 cm³/mol. The van der Waals surface area contributed by atoms with Crippen LogP contribution in [0.2, 0.25) is 0 Å². The molecule has 0 saturated carbocycles. The summed E-state index contributed by atoms with van der Waals surface area (Å²) in [7, 11) is 0. The Kier molecular flexibility index (Phi) is 4.32. The summed E-state index contributed by atoms with van der Waals surface area (Å²) in [5.74, 6) is 0. The summed E-state index contributed by atoms with van der Waals surface area (Å²) in [5.41, 5.74) is 2.34. The van der Waals surface area contributed by atoms with Crippen molar-refractivity contribution in [2.75, 3.05) is 6.54 Å². The number of hydrogen-bond acceptors (Lipinski definition) is 3. The van der Waals surface area contributed by atoms with E-state index in [0.29, 0.717) is 6.04 Å². The molecule has 0 bridgehead atoms. The number of nitrogens with zero attached hydrogens (tertiary/aromatic N) is 1. The van der Waals surface area contributed by atoms with Crippen LogP contribution in [0.4, 0.5) is 0 Å². The molecule has 0 saturated heterocycles. The SMILES string of the molecule is CCCNC(C)c1csc(-c2ccc3ccccc3c2)n1. The van der Waals surface area contributed by atoms with Gasteiger partial charge in [0.05, 0.1) is 5.69 Å². The van der Waals surface area contributed by atoms with E-state index in [1.165, 1.54) is 16.3 Å². The molecule has 3 heteroatoms. The van der Waals surface area contributed by atoms with Gasteiger partial charge in [-0.2, -0.15) is 0 Å². The highest BCUT2D eigenvalue weighted by molar-refractivity contribution is 7.13. The van der Waals surface area contributed by atoms with Gasteiger partial charge in [0, 0.05) is 17.0 Å². The Morgan fingerprint density at radius 3 is 2.76 bits per heavy atom. The monoisotopic (exact) mass is 296 g/mol. The van der Waals surface area contributed by atoms with Crippen LogP contribution >= 0.6 is 11.3 Å². The van der Waals surface area contributed by atoms with Crippen LogP contribution in [-0.4, -0.2) is 11.5 Å². The van der Waals surface area contributed by atoms with E-state index in [2.05, 4.69) is 67.0 Å². The third-order valence-electron chi connectivity index (χ3n) is 3.66. The summed E-state index contributed by atoms with van der Waals surface area (Å²) in [6.07, 6.45) is 1.14. The van der Waals surface area contributed by atoms with Gasteiger partial charge in [0.15, 0.2) is 0 Å². The average Bonchev–Trinajstić information content (AvgIpc) is 3.02. The lowest BCUT2D eigenvalue weighted by Crippen LogP contribution is -2.19. The molecular formula is C18H20N2S. The Bertz CT molecular complexity index is 733. The molecule has 3 rings (SSSR count). The van der Waals surface area contributed by atoms with Crippen LogP contribution in [0.25, 0.3) is 21.3 Å². The maximum absolute atomic E-state index is 4.80. The molecule has 0 spiro atoms. The number of thiazole rings is 1. The zero-order valence-corrected chi connectivity index (χ0v) is 13.3. The number of benzene rings is 2. The Morgan fingerprint density at radius 1 is 1.14 bits per heavy atom. The second-order valence-electron chi connectivity index (χ2n) is 5.32. The smallest absolute Gasteiger partial charge is 0.123 e. The van der Waals surface area contributed by atoms with Gasteiger partial charge in [-0.1, -0.05) is 43.3 Å². The van der Waals surface area contributed by atoms with E-state index in [4.69, 9.17) is 4.98 Å². The zero-order valence-electron chi connectivity index (χ0n) is 12.5. The standard InChI is InChI=1S/C18H20N2S/c1-3-10-19-13(2)17-12-21-18(20-17)16-9-8-14-6-4-5-7-15(14)11-16/h4-9,11-13,19H,3,10H2,1-2H3. The van der Waals surface area contributed by atoms with Gasteiger partial charge in [-0.05, 0) is 36.7 Å². The van der Waals surface area contributed by atoms with Gasteiger partial charge in [-0.15, -0.1) is 11.3 Å². The van der Waals surface area contributed by atoms with Gasteiger partial charge in [-0.3, -0.25) is 0 Å². The van der Waals surface area contributed by atoms with E-state index in [-0.39, 0.29) is 0 Å². The molecule has 1 unspecified atom stereocenters. The highest BCUT2D eigenvalue weighted by Gasteiger charge is 2.10. The molecule has 0 fully saturated rings. The minimum absolute atomic E-state index is 0.315. The van der Waals surface area contributed by atoms with Crippen molar-refractivity contribution < 1.29 is 0 Å². The highest BCUT2D eigenvalue weighted by Crippen LogP contribution is 2.28. The Labute approximate surface area is 129 Å². The third kappa shape index (κ3) is 3.14. The lowest BCUT2D eigenvalue weighted by Gasteiger charge is -2.09. The van der Waals surface area contributed by atoms with Crippen molar-refractivity contribution in [3.05, 3.63) is 53.5 Å². The number of hydrogen-bond donors (Lipinski definition) is 1. The molecule has 0 amide bonds. The summed E-state index contributed by atoms with van der Waals surface area (Å²) < 4.78 is 0.